The molecule has 2 aliphatic rings. The molecule has 0 amide bonds. The zero-order chi connectivity index (χ0) is 13.5. The molecule has 0 bridgehead atoms. The van der Waals surface area contributed by atoms with Crippen molar-refractivity contribution in [2.24, 2.45) is 10.7 Å². The van der Waals surface area contributed by atoms with E-state index in [1.807, 2.05) is 0 Å². The Morgan fingerprint density at radius 3 is 2.89 bits per heavy atom. The van der Waals surface area contributed by atoms with Gasteiger partial charge in [-0.15, -0.1) is 0 Å². The highest BCUT2D eigenvalue weighted by atomic mass is 32.2. The average Bonchev–Trinajstić information content (AvgIpc) is 2.64. The van der Waals surface area contributed by atoms with Crippen LogP contribution in [-0.4, -0.2) is 41.6 Å². The second-order valence-corrected chi connectivity index (χ2v) is 6.03. The average molecular weight is 271 g/mol. The largest absolute Gasteiger partial charge is 0.478 e. The summed E-state index contributed by atoms with van der Waals surface area (Å²) in [6, 6.07) is 0. The molecule has 0 aromatic heterocycles. The molecule has 0 radical (unpaired) electrons. The smallest absolute Gasteiger partial charge is 0.331 e. The fourth-order valence-electron chi connectivity index (χ4n) is 1.86. The minimum absolute atomic E-state index is 0.0870. The number of nitrogens with two attached hydrogens (primary N) is 1. The number of carbonyl (C=O) groups is 1. The first-order chi connectivity index (χ1) is 8.36. The maximum absolute atomic E-state index is 11.9. The molecule has 1 aliphatic carbocycles. The number of sulfonamides is 1. The van der Waals surface area contributed by atoms with Crippen LogP contribution in [0.2, 0.25) is 0 Å². The predicted octanol–water partition coefficient (Wildman–Crippen LogP) is -0.366. The lowest BCUT2D eigenvalue weighted by Crippen LogP contribution is -2.41. The number of aliphatic imine (C=N–C) groups is 1. The number of nitrogens with zero attached hydrogens (tertiary/aromatic N) is 2. The summed E-state index contributed by atoms with van der Waals surface area (Å²) in [6.45, 7) is 1.52. The SMILES string of the molecule is CCS(=O)(=O)N1C2=CCC(C(=O)O)=CC2=NC1N. The van der Waals surface area contributed by atoms with E-state index in [0.717, 1.165) is 4.31 Å². The molecule has 0 saturated heterocycles. The van der Waals surface area contributed by atoms with Gasteiger partial charge in [0.05, 0.1) is 17.2 Å². The Kier molecular flexibility index (Phi) is 2.99. The Hall–Kier alpha value is -1.67. The van der Waals surface area contributed by atoms with Gasteiger partial charge in [-0.1, -0.05) is 6.08 Å². The summed E-state index contributed by atoms with van der Waals surface area (Å²) >= 11 is 0. The van der Waals surface area contributed by atoms with E-state index in [1.54, 1.807) is 0 Å². The summed E-state index contributed by atoms with van der Waals surface area (Å²) in [6.07, 6.45) is 2.04. The summed E-state index contributed by atoms with van der Waals surface area (Å²) in [7, 11) is -3.51. The van der Waals surface area contributed by atoms with E-state index >= 15 is 0 Å². The molecule has 98 valence electrons. The number of hydrogen-bond acceptors (Lipinski definition) is 5. The number of fused-ring (bicyclic) bond motifs is 1. The lowest BCUT2D eigenvalue weighted by atomic mass is 10.0. The Labute approximate surface area is 104 Å². The fourth-order valence-corrected chi connectivity index (χ4v) is 2.98. The fraction of sp³-hybridized carbons (Fsp3) is 0.400. The minimum atomic E-state index is -3.51. The van der Waals surface area contributed by atoms with Gasteiger partial charge in [0, 0.05) is 5.57 Å². The van der Waals surface area contributed by atoms with Gasteiger partial charge in [-0.25, -0.2) is 22.5 Å². The molecule has 1 aliphatic heterocycles. The lowest BCUT2D eigenvalue weighted by Gasteiger charge is -2.23. The molecule has 1 heterocycles. The summed E-state index contributed by atoms with van der Waals surface area (Å²) < 4.78 is 24.8. The normalized spacial score (nSPS) is 23.1. The van der Waals surface area contributed by atoms with Crippen LogP contribution in [0.5, 0.6) is 0 Å². The van der Waals surface area contributed by atoms with Crippen molar-refractivity contribution >= 4 is 21.7 Å². The first-order valence-electron chi connectivity index (χ1n) is 5.36. The van der Waals surface area contributed by atoms with Gasteiger partial charge in [-0.2, -0.15) is 0 Å². The molecule has 1 atom stereocenters. The summed E-state index contributed by atoms with van der Waals surface area (Å²) in [5, 5.41) is 8.88. The van der Waals surface area contributed by atoms with E-state index in [2.05, 4.69) is 4.99 Å². The highest BCUT2D eigenvalue weighted by molar-refractivity contribution is 7.89. The van der Waals surface area contributed by atoms with Crippen LogP contribution in [0.4, 0.5) is 0 Å². The first-order valence-corrected chi connectivity index (χ1v) is 6.97. The molecule has 0 aromatic carbocycles. The number of aliphatic carboxylic acids is 1. The van der Waals surface area contributed by atoms with Crippen LogP contribution in [0.25, 0.3) is 0 Å². The van der Waals surface area contributed by atoms with Crippen LogP contribution in [0, 0.1) is 0 Å². The van der Waals surface area contributed by atoms with E-state index in [0.29, 0.717) is 11.4 Å². The number of hydrogen-bond donors (Lipinski definition) is 2. The van der Waals surface area contributed by atoms with Gasteiger partial charge in [0.1, 0.15) is 0 Å². The maximum Gasteiger partial charge on any atom is 0.331 e. The molecular formula is C10H13N3O4S. The van der Waals surface area contributed by atoms with Crippen molar-refractivity contribution in [3.8, 4) is 0 Å². The van der Waals surface area contributed by atoms with Crippen LogP contribution in [0.3, 0.4) is 0 Å². The third-order valence-corrected chi connectivity index (χ3v) is 4.52. The van der Waals surface area contributed by atoms with Crippen molar-refractivity contribution in [2.75, 3.05) is 5.75 Å². The molecule has 18 heavy (non-hydrogen) atoms. The van der Waals surface area contributed by atoms with Crippen molar-refractivity contribution in [2.45, 2.75) is 19.6 Å². The van der Waals surface area contributed by atoms with E-state index in [4.69, 9.17) is 10.8 Å². The van der Waals surface area contributed by atoms with Crippen LogP contribution in [0.1, 0.15) is 13.3 Å². The van der Waals surface area contributed by atoms with Crippen LogP contribution < -0.4 is 5.73 Å². The molecule has 7 nitrogen and oxygen atoms in total. The van der Waals surface area contributed by atoms with E-state index in [1.165, 1.54) is 19.1 Å². The molecule has 1 unspecified atom stereocenters. The van der Waals surface area contributed by atoms with Gasteiger partial charge < -0.3 is 5.11 Å². The van der Waals surface area contributed by atoms with Gasteiger partial charge in [-0.3, -0.25) is 5.73 Å². The Morgan fingerprint density at radius 2 is 2.33 bits per heavy atom. The molecular weight excluding hydrogens is 258 g/mol. The van der Waals surface area contributed by atoms with Crippen molar-refractivity contribution in [1.29, 1.82) is 0 Å². The molecule has 0 aromatic rings. The molecule has 0 spiro atoms. The highest BCUT2D eigenvalue weighted by Gasteiger charge is 2.37. The van der Waals surface area contributed by atoms with E-state index in [-0.39, 0.29) is 17.7 Å². The number of allylic oxidation sites excluding steroid dienone is 2. The summed E-state index contributed by atoms with van der Waals surface area (Å²) in [4.78, 5) is 14.8. The Bertz CT molecular complexity index is 588. The standard InChI is InChI=1S/C10H13N3O4S/c1-2-18(16,17)13-8-4-3-6(9(14)15)5-7(8)12-10(13)11/h4-5,10H,2-3,11H2,1H3,(H,14,15). The van der Waals surface area contributed by atoms with E-state index in [9.17, 15) is 13.2 Å². The second-order valence-electron chi connectivity index (χ2n) is 3.89. The van der Waals surface area contributed by atoms with E-state index < -0.39 is 22.3 Å². The van der Waals surface area contributed by atoms with Crippen LogP contribution >= 0.6 is 0 Å². The third kappa shape index (κ3) is 1.93. The lowest BCUT2D eigenvalue weighted by molar-refractivity contribution is -0.132. The quantitative estimate of drug-likeness (QED) is 0.727. The highest BCUT2D eigenvalue weighted by Crippen LogP contribution is 2.28. The molecule has 0 fully saturated rings. The van der Waals surface area contributed by atoms with Crippen molar-refractivity contribution < 1.29 is 18.3 Å². The zero-order valence-corrected chi connectivity index (χ0v) is 10.5. The summed E-state index contributed by atoms with van der Waals surface area (Å²) in [5.74, 6) is -1.13. The van der Waals surface area contributed by atoms with Crippen molar-refractivity contribution in [3.63, 3.8) is 0 Å². The van der Waals surface area contributed by atoms with Gasteiger partial charge in [-0.05, 0) is 19.4 Å². The number of rotatable bonds is 3. The van der Waals surface area contributed by atoms with Crippen molar-refractivity contribution in [3.05, 3.63) is 23.4 Å². The first kappa shape index (κ1) is 12.8. The van der Waals surface area contributed by atoms with Crippen molar-refractivity contribution in [1.82, 2.24) is 4.31 Å². The minimum Gasteiger partial charge on any atom is -0.478 e. The number of carboxylic acid groups (broad SMARTS) is 1. The van der Waals surface area contributed by atoms with Gasteiger partial charge >= 0.3 is 5.97 Å². The predicted molar refractivity (Wildman–Crippen MR) is 65.1 cm³/mol. The van der Waals surface area contributed by atoms with Crippen LogP contribution in [0.15, 0.2) is 28.4 Å². The maximum atomic E-state index is 11.9. The molecule has 8 heteroatoms. The van der Waals surface area contributed by atoms with Gasteiger partial charge in [0.25, 0.3) is 0 Å². The topological polar surface area (TPSA) is 113 Å². The molecule has 3 N–H and O–H groups in total. The monoisotopic (exact) mass is 271 g/mol. The molecule has 2 rings (SSSR count). The second kappa shape index (κ2) is 4.21. The Balaban J connectivity index is 2.40. The number of carboxylic acids is 1. The zero-order valence-electron chi connectivity index (χ0n) is 9.70. The molecule has 0 saturated carbocycles. The van der Waals surface area contributed by atoms with Gasteiger partial charge in [0.15, 0.2) is 6.29 Å². The van der Waals surface area contributed by atoms with Gasteiger partial charge in [0.2, 0.25) is 10.0 Å². The third-order valence-electron chi connectivity index (χ3n) is 2.78. The Morgan fingerprint density at radius 1 is 1.67 bits per heavy atom. The van der Waals surface area contributed by atoms with Crippen LogP contribution in [-0.2, 0) is 14.8 Å². The summed E-state index contributed by atoms with van der Waals surface area (Å²) in [5.41, 5.74) is 6.51.